The molecular weight excluding hydrogens is 1870 g/mol. The maximum absolute atomic E-state index is 12.1. The van der Waals surface area contributed by atoms with Crippen molar-refractivity contribution in [3.8, 4) is 28.7 Å². The first kappa shape index (κ1) is 108. The fourth-order valence-electron chi connectivity index (χ4n) is 16.5. The predicted octanol–water partition coefficient (Wildman–Crippen LogP) is 5.40. The Balaban J connectivity index is 0.000000169. The number of hydrogen-bond donors (Lipinski definition) is 13. The van der Waals surface area contributed by atoms with Crippen molar-refractivity contribution in [2.75, 3.05) is 51.5 Å². The lowest BCUT2D eigenvalue weighted by Gasteiger charge is -2.47. The van der Waals surface area contributed by atoms with Crippen LogP contribution in [0.25, 0.3) is 54.8 Å². The number of nitrogens with two attached hydrogens (primary N) is 3. The molecule has 0 spiro atoms. The van der Waals surface area contributed by atoms with Crippen LogP contribution in [0.3, 0.4) is 0 Å². The van der Waals surface area contributed by atoms with Gasteiger partial charge < -0.3 is 176 Å². The Labute approximate surface area is 800 Å². The average Bonchev–Trinajstić information content (AvgIpc) is 0.784. The first-order chi connectivity index (χ1) is 66.2. The van der Waals surface area contributed by atoms with E-state index < -0.39 is 209 Å². The summed E-state index contributed by atoms with van der Waals surface area (Å²) in [5.41, 5.74) is 8.89. The number of fused-ring (bicyclic) bond motifs is 5. The number of aliphatic hydroxyl groups excluding tert-OH is 7. The van der Waals surface area contributed by atoms with Crippen LogP contribution in [-0.2, 0) is 76.0 Å². The number of amides is 6. The average molecular weight is 1980 g/mol. The van der Waals surface area contributed by atoms with Gasteiger partial charge in [0.15, 0.2) is 30.5 Å². The first-order valence-corrected chi connectivity index (χ1v) is 43.3. The molecule has 764 valence electrons. The first-order valence-electron chi connectivity index (χ1n) is 43.3. The lowest BCUT2D eigenvalue weighted by Crippen LogP contribution is -2.65. The summed E-state index contributed by atoms with van der Waals surface area (Å²) in [6.45, 7) is 20.9. The van der Waals surface area contributed by atoms with Gasteiger partial charge in [-0.3, -0.25) is 14.4 Å². The summed E-state index contributed by atoms with van der Waals surface area (Å²) in [6.07, 6.45) is -25.6. The predicted molar refractivity (Wildman–Crippen MR) is 493 cm³/mol. The molecule has 15 rings (SSSR count). The molecule has 6 amide bonds. The van der Waals surface area contributed by atoms with Gasteiger partial charge in [0.25, 0.3) is 0 Å². The van der Waals surface area contributed by atoms with Crippen LogP contribution in [-0.4, -0.2) is 258 Å². The molecule has 16 N–H and O–H groups in total. The van der Waals surface area contributed by atoms with Crippen molar-refractivity contribution in [2.45, 2.75) is 241 Å². The van der Waals surface area contributed by atoms with Gasteiger partial charge in [-0.2, -0.15) is 0 Å². The molecule has 47 heteroatoms. The molecule has 20 atom stereocenters. The minimum Gasteiger partial charge on any atom is -0.462 e. The number of ether oxygens (including phenoxy) is 18. The standard InChI is InChI=1S/2C20H24N2O9.C19H23NO8.C18H21NO8.C17H20O7/c1-9(23)22-12-7-10-5-6-11(8-13(10)29-17(12)25)28-18-14(24)15(30-19(21)26)16(27-4)20(2,3)31-18;1-9(23)22-12-7-10-5-6-11(8-13(10)29-17(12)25)28-18-15(30-19(21)26)14(24)16(27-4)20(2,3)31-18;1-9(21)20-12-7-10-5-6-11(8-13(10)27-17(12)24)26-18-15(23)14(22)16(25-4)19(2,3)28-18;1-18(2)15(23-3)14(26-17(19)22)13(21)16(27-18)24-10-6-4-9-5-7-12(20)25-11(9)8-10;1-17(2)15(21-3)13(19)14(20)16(24-17)22-10-6-4-9-5-7-12(18)23-11(9)8-10/h2*5-8,14-16,18,24H,1-4H3,(H2,21,26)(H,22,23);5-8,14-16,18,22-23H,1-4H3,(H,20,21);4-8,13-16,21H,1-3H3,(H2,19,22);4-8,13-16,19-20H,1-3H3/t14-,15+,16+,18?;2*14-,15+,16-,18?;13-,14+,15+,16?;13-,14+,15-,16?/m01101/s1. The van der Waals surface area contributed by atoms with Gasteiger partial charge in [0, 0.05) is 126 Å². The van der Waals surface area contributed by atoms with Crippen molar-refractivity contribution >= 4 is 108 Å². The van der Waals surface area contributed by atoms with Gasteiger partial charge >= 0.3 is 46.4 Å². The highest BCUT2D eigenvalue weighted by Crippen LogP contribution is 2.42. The molecule has 5 saturated heterocycles. The maximum atomic E-state index is 12.1. The molecule has 5 aliphatic heterocycles. The smallest absolute Gasteiger partial charge is 0.405 e. The maximum Gasteiger partial charge on any atom is 0.405 e. The molecule has 5 aromatic heterocycles. The van der Waals surface area contributed by atoms with Gasteiger partial charge in [-0.15, -0.1) is 0 Å². The molecule has 0 saturated carbocycles. The van der Waals surface area contributed by atoms with E-state index in [1.165, 1.54) is 117 Å². The quantitative estimate of drug-likeness (QED) is 0.0316. The van der Waals surface area contributed by atoms with Gasteiger partial charge in [-0.1, -0.05) is 0 Å². The van der Waals surface area contributed by atoms with E-state index >= 15 is 0 Å². The Morgan fingerprint density at radius 2 is 0.511 bits per heavy atom. The zero-order chi connectivity index (χ0) is 104. The number of primary amides is 3. The second-order valence-corrected chi connectivity index (χ2v) is 35.4. The van der Waals surface area contributed by atoms with Crippen molar-refractivity contribution in [1.82, 2.24) is 0 Å². The SMILES string of the molecule is CO[C@@H]1[C@H](O)[C@H](O)C(Oc2ccc3cc(NC(C)=O)c(=O)oc3c2)OC1(C)C.CO[C@@H]1[C@H](O)[C@H](O)C(Oc2ccc3ccc(=O)oc3c2)OC1(C)C.CO[C@@H]1[C@H](O)[C@H](OC(N)=O)C(Oc2ccc3cc(NC(C)=O)c(=O)oc3c2)OC1(C)C.CO[C@@H]1[C@H](OC(N)=O)[C@H](O)C(Oc2ccc3cc(NC(C)=O)c(=O)oc3c2)OC1(C)C.CO[C@@H]1[C@H](OC(N)=O)[C@H](O)C(Oc2ccc3ccc(=O)oc3c2)OC1(C)C. The molecule has 5 unspecified atom stereocenters. The fourth-order valence-corrected chi connectivity index (χ4v) is 16.5. The Morgan fingerprint density at radius 3 is 0.780 bits per heavy atom. The number of hydrogen-bond acceptors (Lipinski definition) is 41. The third-order valence-corrected chi connectivity index (χ3v) is 22.7. The van der Waals surface area contributed by atoms with Crippen molar-refractivity contribution in [3.63, 3.8) is 0 Å². The van der Waals surface area contributed by atoms with E-state index in [0.29, 0.717) is 44.2 Å². The summed E-state index contributed by atoms with van der Waals surface area (Å²) in [4.78, 5) is 126. The number of aliphatic hydroxyl groups is 7. The summed E-state index contributed by atoms with van der Waals surface area (Å²) in [5, 5.41) is 83.3. The summed E-state index contributed by atoms with van der Waals surface area (Å²) in [6, 6.07) is 34.0. The number of methoxy groups -OCH3 is 5. The molecule has 0 radical (unpaired) electrons. The van der Waals surface area contributed by atoms with Crippen molar-refractivity contribution < 1.29 is 172 Å². The Bertz CT molecular complexity index is 6490. The van der Waals surface area contributed by atoms with Crippen molar-refractivity contribution in [2.24, 2.45) is 17.2 Å². The highest BCUT2D eigenvalue weighted by molar-refractivity contribution is 5.93. The lowest BCUT2D eigenvalue weighted by atomic mass is 9.89. The number of anilines is 3. The van der Waals surface area contributed by atoms with Crippen molar-refractivity contribution in [1.29, 1.82) is 0 Å². The molecule has 47 nitrogen and oxygen atoms in total. The van der Waals surface area contributed by atoms with Gasteiger partial charge in [-0.25, -0.2) is 38.4 Å². The van der Waals surface area contributed by atoms with E-state index in [4.69, 9.17) is 125 Å². The van der Waals surface area contributed by atoms with Crippen LogP contribution in [0.4, 0.5) is 31.4 Å². The number of carbonyl (C=O) groups excluding carboxylic acids is 6. The Morgan fingerprint density at radius 1 is 0.284 bits per heavy atom. The minimum absolute atomic E-state index is 0.00897. The van der Waals surface area contributed by atoms with E-state index in [1.54, 1.807) is 142 Å². The number of carbonyl (C=O) groups is 6. The molecular formula is C94H112N6O41. The van der Waals surface area contributed by atoms with Gasteiger partial charge in [0.2, 0.25) is 49.2 Å². The number of rotatable bonds is 21. The number of nitrogens with one attached hydrogen (secondary N) is 3. The fraction of sp³-hybridized carbons (Fsp3) is 0.457. The zero-order valence-electron chi connectivity index (χ0n) is 79.5. The molecule has 5 aliphatic rings. The zero-order valence-corrected chi connectivity index (χ0v) is 79.5. The monoisotopic (exact) mass is 1980 g/mol. The van der Waals surface area contributed by atoms with Crippen LogP contribution in [0.2, 0.25) is 0 Å². The minimum atomic E-state index is -1.42. The van der Waals surface area contributed by atoms with Crippen LogP contribution in [0.15, 0.2) is 180 Å². The highest BCUT2D eigenvalue weighted by Gasteiger charge is 2.58. The topological polar surface area (TPSA) is 675 Å². The second kappa shape index (κ2) is 44.7. The van der Waals surface area contributed by atoms with Gasteiger partial charge in [0.05, 0.1) is 28.0 Å². The molecule has 5 fully saturated rings. The molecule has 0 aliphatic carbocycles. The number of benzene rings is 5. The van der Waals surface area contributed by atoms with Crippen LogP contribution >= 0.6 is 0 Å². The third kappa shape index (κ3) is 26.1. The Kier molecular flexibility index (Phi) is 34.2. The molecule has 10 aromatic rings. The normalized spacial score (nSPS) is 26.6. The molecule has 141 heavy (non-hydrogen) atoms. The van der Waals surface area contributed by atoms with Crippen LogP contribution in [0.1, 0.15) is 90.0 Å². The van der Waals surface area contributed by atoms with E-state index in [9.17, 15) is 88.5 Å². The van der Waals surface area contributed by atoms with Gasteiger partial charge in [0.1, 0.15) is 135 Å². The molecule has 0 bridgehead atoms. The molecule has 5 aromatic carbocycles. The van der Waals surface area contributed by atoms with Crippen LogP contribution in [0.5, 0.6) is 28.7 Å². The summed E-state index contributed by atoms with van der Waals surface area (Å²) < 4.78 is 125. The van der Waals surface area contributed by atoms with E-state index in [2.05, 4.69) is 16.0 Å². The van der Waals surface area contributed by atoms with Gasteiger partial charge in [-0.05, 0) is 160 Å². The van der Waals surface area contributed by atoms with Crippen LogP contribution in [0, 0.1) is 0 Å². The highest BCUT2D eigenvalue weighted by atomic mass is 16.8. The summed E-state index contributed by atoms with van der Waals surface area (Å²) in [5.74, 6) is 0.153. The van der Waals surface area contributed by atoms with E-state index in [0.717, 1.165) is 5.39 Å². The van der Waals surface area contributed by atoms with Crippen LogP contribution < -0.4 is 85.0 Å². The van der Waals surface area contributed by atoms with E-state index in [-0.39, 0.29) is 57.0 Å². The Hall–Kier alpha value is -13.3. The summed E-state index contributed by atoms with van der Waals surface area (Å²) >= 11 is 0. The van der Waals surface area contributed by atoms with Crippen molar-refractivity contribution in [3.05, 3.63) is 186 Å². The largest absolute Gasteiger partial charge is 0.462 e. The summed E-state index contributed by atoms with van der Waals surface area (Å²) in [7, 11) is 7.06. The third-order valence-electron chi connectivity index (χ3n) is 22.7. The molecule has 10 heterocycles. The van der Waals surface area contributed by atoms with E-state index in [1.807, 2.05) is 0 Å². The lowest BCUT2D eigenvalue weighted by molar-refractivity contribution is -0.306. The second-order valence-electron chi connectivity index (χ2n) is 35.4.